The quantitative estimate of drug-likeness (QED) is 0.0225. The van der Waals surface area contributed by atoms with Crippen molar-refractivity contribution in [1.82, 2.24) is 30.2 Å². The van der Waals surface area contributed by atoms with Crippen molar-refractivity contribution in [3.63, 3.8) is 0 Å². The van der Waals surface area contributed by atoms with Crippen LogP contribution in [-0.4, -0.2) is 123 Å². The molecule has 1 aliphatic heterocycles. The lowest BCUT2D eigenvalue weighted by Gasteiger charge is -2.30. The van der Waals surface area contributed by atoms with Crippen LogP contribution in [0.3, 0.4) is 0 Å². The van der Waals surface area contributed by atoms with Gasteiger partial charge in [-0.25, -0.2) is 28.6 Å². The van der Waals surface area contributed by atoms with Gasteiger partial charge >= 0.3 is 23.5 Å². The highest BCUT2D eigenvalue weighted by molar-refractivity contribution is 8.13. The van der Waals surface area contributed by atoms with E-state index >= 15 is 0 Å². The zero-order valence-corrected chi connectivity index (χ0v) is 47.7. The van der Waals surface area contributed by atoms with Gasteiger partial charge in [-0.15, -0.1) is 0 Å². The molecule has 8 unspecified atom stereocenters. The third-order valence-corrected chi connectivity index (χ3v) is 16.9. The summed E-state index contributed by atoms with van der Waals surface area (Å²) in [6.45, 7) is 5.27. The van der Waals surface area contributed by atoms with Crippen LogP contribution < -0.4 is 16.4 Å². The van der Waals surface area contributed by atoms with Crippen molar-refractivity contribution < 1.29 is 80.5 Å². The summed E-state index contributed by atoms with van der Waals surface area (Å²) in [5.74, 6) is -0.178. The van der Waals surface area contributed by atoms with E-state index in [4.69, 9.17) is 19.5 Å². The SMILES string of the molecule is CCCCCCCCCCCCC(C)CCCCCCCCCCCC(=O)SCCNC(=O)CCNC(=O)C(O)C(C)(C)COP(=O)(O)OP(=O)(O)OCC1OC(n2cnc3c(N)ncnc32)C(O)C1OP(=O)(O)O. The van der Waals surface area contributed by atoms with Gasteiger partial charge < -0.3 is 50.9 Å². The van der Waals surface area contributed by atoms with Gasteiger partial charge in [-0.1, -0.05) is 168 Å². The molecule has 0 saturated carbocycles. The Labute approximate surface area is 446 Å². The van der Waals surface area contributed by atoms with Crippen LogP contribution in [0.4, 0.5) is 5.82 Å². The number of aliphatic hydroxyl groups excluding tert-OH is 2. The number of carbonyl (C=O) groups excluding carboxylic acids is 3. The molecule has 3 heterocycles. The summed E-state index contributed by atoms with van der Waals surface area (Å²) < 4.78 is 62.6. The zero-order chi connectivity index (χ0) is 55.5. The maximum atomic E-state index is 12.8. The first kappa shape index (κ1) is 66.8. The van der Waals surface area contributed by atoms with E-state index in [1.54, 1.807) is 0 Å². The number of rotatable bonds is 42. The van der Waals surface area contributed by atoms with Crippen molar-refractivity contribution in [3.05, 3.63) is 12.7 Å². The topological polar surface area (TPSA) is 364 Å². The van der Waals surface area contributed by atoms with Crippen LogP contribution in [0.25, 0.3) is 11.2 Å². The normalized spacial score (nSPS) is 19.7. The maximum absolute atomic E-state index is 12.8. The number of hydrogen-bond acceptors (Lipinski definition) is 18. The van der Waals surface area contributed by atoms with Gasteiger partial charge in [0.15, 0.2) is 22.8 Å². The Kier molecular flexibility index (Phi) is 30.8. The Morgan fingerprint density at radius 3 is 1.95 bits per heavy atom. The van der Waals surface area contributed by atoms with Crippen LogP contribution in [0, 0.1) is 11.3 Å². The number of phosphoric ester groups is 3. The Bertz CT molecular complexity index is 2160. The van der Waals surface area contributed by atoms with Crippen LogP contribution >= 0.6 is 35.2 Å². The van der Waals surface area contributed by atoms with E-state index in [-0.39, 0.29) is 41.6 Å². The molecule has 24 nitrogen and oxygen atoms in total. The third kappa shape index (κ3) is 26.8. The molecule has 1 saturated heterocycles. The highest BCUT2D eigenvalue weighted by Crippen LogP contribution is 2.61. The average Bonchev–Trinajstić information content (AvgIpc) is 3.90. The number of hydrogen-bond donors (Lipinski definition) is 9. The molecule has 1 aliphatic rings. The lowest BCUT2D eigenvalue weighted by molar-refractivity contribution is -0.137. The molecule has 2 amide bonds. The number of aromatic nitrogens is 4. The van der Waals surface area contributed by atoms with Crippen molar-refractivity contribution in [1.29, 1.82) is 0 Å². The summed E-state index contributed by atoms with van der Waals surface area (Å²) >= 11 is 1.16. The van der Waals surface area contributed by atoms with E-state index in [1.165, 1.54) is 129 Å². The van der Waals surface area contributed by atoms with E-state index in [0.29, 0.717) is 12.2 Å². The molecule has 0 radical (unpaired) electrons. The fourth-order valence-corrected chi connectivity index (χ4v) is 12.0. The number of nitrogen functional groups attached to an aromatic ring is 1. The van der Waals surface area contributed by atoms with Crippen LogP contribution in [0.15, 0.2) is 12.7 Å². The lowest BCUT2D eigenvalue weighted by atomic mass is 9.87. The second kappa shape index (κ2) is 34.5. The summed E-state index contributed by atoms with van der Waals surface area (Å²) in [4.78, 5) is 88.7. The number of fused-ring (bicyclic) bond motifs is 1. The smallest absolute Gasteiger partial charge is 0.386 e. The van der Waals surface area contributed by atoms with Gasteiger partial charge in [0.25, 0.3) is 0 Å². The number of nitrogens with two attached hydrogens (primary N) is 1. The molecule has 0 bridgehead atoms. The number of amides is 2. The molecule has 28 heteroatoms. The molecule has 0 aromatic carbocycles. The average molecular weight is 1150 g/mol. The molecule has 8 atom stereocenters. The first-order valence-corrected chi connectivity index (χ1v) is 32.0. The number of phosphoric acid groups is 3. The number of carbonyl (C=O) groups is 3. The summed E-state index contributed by atoms with van der Waals surface area (Å²) in [5, 5.41) is 26.8. The van der Waals surface area contributed by atoms with Crippen LogP contribution in [0.2, 0.25) is 0 Å². The molecule has 432 valence electrons. The molecule has 10 N–H and O–H groups in total. The Morgan fingerprint density at radius 1 is 0.800 bits per heavy atom. The monoisotopic (exact) mass is 1150 g/mol. The first-order chi connectivity index (χ1) is 35.4. The number of imidazole rings is 1. The Morgan fingerprint density at radius 2 is 1.36 bits per heavy atom. The third-order valence-electron chi connectivity index (χ3n) is 12.9. The number of nitrogens with zero attached hydrogens (tertiary/aromatic N) is 4. The number of anilines is 1. The predicted molar refractivity (Wildman–Crippen MR) is 284 cm³/mol. The van der Waals surface area contributed by atoms with Gasteiger partial charge in [-0.3, -0.25) is 32.5 Å². The van der Waals surface area contributed by atoms with Gasteiger partial charge in [0.1, 0.15) is 36.3 Å². The summed E-state index contributed by atoms with van der Waals surface area (Å²) in [6.07, 6.45) is 20.8. The number of ether oxygens (including phenoxy) is 1. The van der Waals surface area contributed by atoms with E-state index in [2.05, 4.69) is 48.3 Å². The molecule has 1 fully saturated rings. The largest absolute Gasteiger partial charge is 0.481 e. The van der Waals surface area contributed by atoms with Crippen molar-refractivity contribution >= 4 is 69.1 Å². The van der Waals surface area contributed by atoms with Crippen molar-refractivity contribution in [2.24, 2.45) is 11.3 Å². The highest BCUT2D eigenvalue weighted by atomic mass is 32.2. The van der Waals surface area contributed by atoms with E-state index in [1.807, 2.05) is 0 Å². The van der Waals surface area contributed by atoms with Gasteiger partial charge in [-0.05, 0) is 12.3 Å². The fraction of sp³-hybridized carbons (Fsp3) is 0.830. The fourth-order valence-electron chi connectivity index (χ4n) is 8.49. The first-order valence-electron chi connectivity index (χ1n) is 26.5. The molecule has 0 spiro atoms. The van der Waals surface area contributed by atoms with Crippen molar-refractivity contribution in [3.8, 4) is 0 Å². The lowest BCUT2D eigenvalue weighted by Crippen LogP contribution is -2.46. The molecule has 2 aromatic rings. The van der Waals surface area contributed by atoms with Crippen LogP contribution in [-0.2, 0) is 50.7 Å². The van der Waals surface area contributed by atoms with E-state index in [0.717, 1.165) is 54.2 Å². The molecular formula is C47H86N7O17P3S. The summed E-state index contributed by atoms with van der Waals surface area (Å²) in [7, 11) is -16.4. The predicted octanol–water partition coefficient (Wildman–Crippen LogP) is 7.90. The van der Waals surface area contributed by atoms with Gasteiger partial charge in [0, 0.05) is 37.1 Å². The number of aliphatic hydroxyl groups is 2. The summed E-state index contributed by atoms with van der Waals surface area (Å²) in [5.41, 5.74) is 4.30. The number of unbranched alkanes of at least 4 members (excludes halogenated alkanes) is 17. The van der Waals surface area contributed by atoms with Crippen molar-refractivity contribution in [2.75, 3.05) is 37.8 Å². The van der Waals surface area contributed by atoms with Gasteiger partial charge in [0.2, 0.25) is 11.8 Å². The minimum Gasteiger partial charge on any atom is -0.386 e. The second-order valence-corrected chi connectivity index (χ2v) is 25.5. The second-order valence-electron chi connectivity index (χ2n) is 20.1. The summed E-state index contributed by atoms with van der Waals surface area (Å²) in [6, 6.07) is 0. The standard InChI is InChI=1S/C47H86N7O17P3S/c1-5-6-7-8-9-10-12-15-18-21-24-35(2)25-22-19-16-13-11-14-17-20-23-26-38(56)75-30-29-49-37(55)27-28-50-45(59)42(58)47(3,4)32-68-74(65,66)71-73(63,64)67-31-36-41(70-72(60,61)62)40(57)46(69-36)54-34-53-39-43(48)51-33-52-44(39)54/h33-36,40-42,46,57-58H,5-32H2,1-4H3,(H,49,55)(H,50,59)(H,63,64)(H,65,66)(H2,48,51,52)(H2,60,61,62). The van der Waals surface area contributed by atoms with E-state index < -0.39 is 84.6 Å². The Hall–Kier alpha value is -2.44. The molecule has 2 aromatic heterocycles. The highest BCUT2D eigenvalue weighted by Gasteiger charge is 2.50. The number of nitrogens with one attached hydrogen (secondary N) is 2. The maximum Gasteiger partial charge on any atom is 0.481 e. The van der Waals surface area contributed by atoms with Crippen LogP contribution in [0.1, 0.15) is 182 Å². The molecular weight excluding hydrogens is 1060 g/mol. The minimum absolute atomic E-state index is 0.0345. The van der Waals surface area contributed by atoms with Crippen molar-refractivity contribution in [2.45, 2.75) is 206 Å². The minimum atomic E-state index is -5.58. The van der Waals surface area contributed by atoms with E-state index in [9.17, 15) is 57.9 Å². The number of thioether (sulfide) groups is 1. The molecule has 3 rings (SSSR count). The van der Waals surface area contributed by atoms with Gasteiger partial charge in [0.05, 0.1) is 19.5 Å². The van der Waals surface area contributed by atoms with Gasteiger partial charge in [-0.2, -0.15) is 4.31 Å². The van der Waals surface area contributed by atoms with Crippen LogP contribution in [0.5, 0.6) is 0 Å². The zero-order valence-electron chi connectivity index (χ0n) is 44.2. The molecule has 75 heavy (non-hydrogen) atoms. The molecule has 0 aliphatic carbocycles. The Balaban J connectivity index is 1.21.